The number of hydrogen-bond donors (Lipinski definition) is 1. The summed E-state index contributed by atoms with van der Waals surface area (Å²) in [5.74, 6) is 0.989. The topological polar surface area (TPSA) is 124 Å². The summed E-state index contributed by atoms with van der Waals surface area (Å²) in [5.41, 5.74) is -3.60. The Morgan fingerprint density at radius 1 is 1.04 bits per heavy atom. The molecule has 4 rings (SSSR count). The van der Waals surface area contributed by atoms with Crippen LogP contribution in [-0.4, -0.2) is 41.2 Å². The Kier molecular flexibility index (Phi) is 10.6. The van der Waals surface area contributed by atoms with E-state index in [1.807, 2.05) is 42.3 Å². The number of aromatic nitrogens is 3. The molecule has 1 N–H and O–H groups in total. The number of nitro groups is 1. The zero-order valence-corrected chi connectivity index (χ0v) is 27.6. The Morgan fingerprint density at radius 2 is 1.64 bits per heavy atom. The van der Waals surface area contributed by atoms with Crippen molar-refractivity contribution in [3.63, 3.8) is 0 Å². The van der Waals surface area contributed by atoms with Crippen LogP contribution in [0.25, 0.3) is 11.6 Å². The third-order valence-corrected chi connectivity index (χ3v) is 14.8. The lowest BCUT2D eigenvalue weighted by Crippen LogP contribution is -2.68. The molecule has 4 aromatic rings. The largest absolute Gasteiger partial charge is 0.420 e. The fraction of sp³-hybridized carbons (Fsp3) is 0.324. The standard InChI is InChI=1S/C34H36F3N5O4Si/c1-6-7-20-25-27(34(35,36)37)30(38-5)39-28(29(25)42(44)45)32-41-40-31(46-32)26(21-14-15-22-43)47(33(2,3)4,23-16-10-8-11-17-23)24-18-12-9-13-19-24/h6,8-13,15-19,26H,1,7,14,20-21H2,2-5H3,(H,38,39). The second kappa shape index (κ2) is 14.3. The van der Waals surface area contributed by atoms with Gasteiger partial charge in [-0.15, -0.1) is 16.8 Å². The van der Waals surface area contributed by atoms with Gasteiger partial charge in [0.15, 0.2) is 0 Å². The number of alkyl halides is 3. The maximum absolute atomic E-state index is 14.3. The third-order valence-electron chi connectivity index (χ3n) is 8.36. The highest BCUT2D eigenvalue weighted by atomic mass is 28.3. The molecule has 0 radical (unpaired) electrons. The molecule has 0 spiro atoms. The fourth-order valence-corrected chi connectivity index (χ4v) is 13.1. The first-order valence-corrected chi connectivity index (χ1v) is 17.1. The van der Waals surface area contributed by atoms with Crippen LogP contribution in [0.15, 0.2) is 83.8 Å². The zero-order chi connectivity index (χ0) is 34.4. The molecule has 0 aliphatic heterocycles. The van der Waals surface area contributed by atoms with E-state index in [1.54, 1.807) is 0 Å². The second-order valence-electron chi connectivity index (χ2n) is 12.0. The molecule has 2 aromatic carbocycles. The number of allylic oxidation sites excluding steroid dienone is 2. The number of anilines is 1. The van der Waals surface area contributed by atoms with Crippen molar-refractivity contribution >= 4 is 35.9 Å². The second-order valence-corrected chi connectivity index (χ2v) is 17.0. The molecule has 47 heavy (non-hydrogen) atoms. The number of pyridine rings is 1. The summed E-state index contributed by atoms with van der Waals surface area (Å²) in [5, 5.41) is 25.2. The molecular weight excluding hydrogens is 627 g/mol. The van der Waals surface area contributed by atoms with Gasteiger partial charge in [0.05, 0.1) is 4.92 Å². The van der Waals surface area contributed by atoms with E-state index in [-0.39, 0.29) is 24.6 Å². The molecule has 9 nitrogen and oxygen atoms in total. The number of carbonyl (C=O) groups excluding carboxylic acids is 1. The molecule has 246 valence electrons. The van der Waals surface area contributed by atoms with Crippen molar-refractivity contribution in [2.24, 2.45) is 0 Å². The quantitative estimate of drug-likeness (QED) is 0.0530. The summed E-state index contributed by atoms with van der Waals surface area (Å²) < 4.78 is 49.2. The smallest absolute Gasteiger partial charge is 0.419 e. The normalized spacial score (nSPS) is 12.7. The molecule has 0 saturated carbocycles. The fourth-order valence-electron chi connectivity index (χ4n) is 6.61. The van der Waals surface area contributed by atoms with Crippen LogP contribution in [0.4, 0.5) is 24.7 Å². The summed E-state index contributed by atoms with van der Waals surface area (Å²) in [7, 11) is -1.79. The van der Waals surface area contributed by atoms with Crippen LogP contribution in [0.2, 0.25) is 5.04 Å². The van der Waals surface area contributed by atoms with Crippen molar-refractivity contribution < 1.29 is 27.3 Å². The number of rotatable bonds is 13. The van der Waals surface area contributed by atoms with Gasteiger partial charge in [-0.05, 0) is 36.8 Å². The van der Waals surface area contributed by atoms with Gasteiger partial charge < -0.3 is 9.73 Å². The Hall–Kier alpha value is -4.87. The number of benzene rings is 2. The minimum absolute atomic E-state index is 0.0474. The van der Waals surface area contributed by atoms with Gasteiger partial charge >= 0.3 is 11.9 Å². The highest BCUT2D eigenvalue weighted by Gasteiger charge is 2.55. The Labute approximate surface area is 271 Å². The lowest BCUT2D eigenvalue weighted by molar-refractivity contribution is -0.385. The first-order valence-electron chi connectivity index (χ1n) is 15.0. The summed E-state index contributed by atoms with van der Waals surface area (Å²) in [6.45, 7) is 9.96. The predicted molar refractivity (Wildman–Crippen MR) is 177 cm³/mol. The monoisotopic (exact) mass is 663 g/mol. The first-order chi connectivity index (χ1) is 22.3. The van der Waals surface area contributed by atoms with Crippen molar-refractivity contribution in [1.82, 2.24) is 15.2 Å². The van der Waals surface area contributed by atoms with Crippen LogP contribution < -0.4 is 15.7 Å². The van der Waals surface area contributed by atoms with Crippen molar-refractivity contribution in [1.29, 1.82) is 0 Å². The zero-order valence-electron chi connectivity index (χ0n) is 26.6. The van der Waals surface area contributed by atoms with Crippen molar-refractivity contribution in [3.05, 3.63) is 107 Å². The summed E-state index contributed by atoms with van der Waals surface area (Å²) in [6, 6.07) is 19.9. The molecule has 1 unspecified atom stereocenters. The van der Waals surface area contributed by atoms with E-state index < -0.39 is 58.1 Å². The Morgan fingerprint density at radius 3 is 2.11 bits per heavy atom. The van der Waals surface area contributed by atoms with Gasteiger partial charge in [0.1, 0.15) is 25.4 Å². The van der Waals surface area contributed by atoms with Crippen molar-refractivity contribution in [3.8, 4) is 11.6 Å². The van der Waals surface area contributed by atoms with Crippen LogP contribution in [-0.2, 0) is 17.4 Å². The molecular formula is C34H36F3N5O4Si. The first kappa shape index (κ1) is 35.0. The third kappa shape index (κ3) is 6.81. The summed E-state index contributed by atoms with van der Waals surface area (Å²) >= 11 is 0. The molecule has 0 saturated heterocycles. The van der Waals surface area contributed by atoms with E-state index in [0.29, 0.717) is 12.8 Å². The highest BCUT2D eigenvalue weighted by molar-refractivity contribution is 7.05. The average Bonchev–Trinajstić information content (AvgIpc) is 3.52. The van der Waals surface area contributed by atoms with Gasteiger partial charge in [0.2, 0.25) is 11.6 Å². The van der Waals surface area contributed by atoms with Gasteiger partial charge in [-0.1, -0.05) is 97.9 Å². The molecule has 2 heterocycles. The molecule has 2 aromatic heterocycles. The molecule has 0 fully saturated rings. The molecule has 0 aliphatic carbocycles. The van der Waals surface area contributed by atoms with Crippen LogP contribution >= 0.6 is 0 Å². The average molecular weight is 664 g/mol. The van der Waals surface area contributed by atoms with Crippen LogP contribution in [0.5, 0.6) is 0 Å². The Bertz CT molecular complexity index is 1730. The van der Waals surface area contributed by atoms with Gasteiger partial charge in [-0.25, -0.2) is 9.78 Å². The van der Waals surface area contributed by atoms with E-state index in [0.717, 1.165) is 10.4 Å². The summed E-state index contributed by atoms with van der Waals surface area (Å²) in [4.78, 5) is 26.9. The van der Waals surface area contributed by atoms with Gasteiger partial charge in [0, 0.05) is 18.2 Å². The van der Waals surface area contributed by atoms with Crippen LogP contribution in [0, 0.1) is 10.1 Å². The van der Waals surface area contributed by atoms with E-state index in [9.17, 15) is 28.1 Å². The minimum Gasteiger partial charge on any atom is -0.419 e. The maximum atomic E-state index is 14.3. The van der Waals surface area contributed by atoms with Crippen molar-refractivity contribution in [2.75, 3.05) is 12.4 Å². The number of nitrogens with one attached hydrogen (secondary N) is 1. The molecule has 0 bridgehead atoms. The maximum Gasteiger partial charge on any atom is 0.420 e. The van der Waals surface area contributed by atoms with E-state index in [2.05, 4.69) is 72.1 Å². The summed E-state index contributed by atoms with van der Waals surface area (Å²) in [6.07, 6.45) is -1.73. The molecule has 1 atom stereocenters. The molecule has 0 amide bonds. The lowest BCUT2D eigenvalue weighted by Gasteiger charge is -2.48. The van der Waals surface area contributed by atoms with Crippen LogP contribution in [0.1, 0.15) is 62.6 Å². The minimum atomic E-state index is -4.94. The number of hydrogen-bond acceptors (Lipinski definition) is 8. The number of halogens is 3. The highest BCUT2D eigenvalue weighted by Crippen LogP contribution is 2.48. The van der Waals surface area contributed by atoms with Gasteiger partial charge in [0.25, 0.3) is 5.89 Å². The van der Waals surface area contributed by atoms with Gasteiger partial charge in [-0.2, -0.15) is 13.2 Å². The van der Waals surface area contributed by atoms with Gasteiger partial charge in [-0.3, -0.25) is 10.1 Å². The van der Waals surface area contributed by atoms with Crippen LogP contribution in [0.3, 0.4) is 0 Å². The van der Waals surface area contributed by atoms with E-state index in [4.69, 9.17) is 4.42 Å². The van der Waals surface area contributed by atoms with Crippen molar-refractivity contribution in [2.45, 2.75) is 63.2 Å². The van der Waals surface area contributed by atoms with E-state index in [1.165, 1.54) is 19.2 Å². The number of nitrogens with zero attached hydrogens (tertiary/aromatic N) is 4. The Balaban J connectivity index is 2.07. The molecule has 13 heteroatoms. The van der Waals surface area contributed by atoms with E-state index >= 15 is 0 Å². The SMILES string of the molecule is C=CCCc1c([N+](=O)[O-])c(-c2nnc(C(CCC=C=O)[Si](c3ccccc3)(c3ccccc3)C(C)(C)C)o2)nc(NC)c1C(F)(F)F. The molecule has 0 aliphatic rings. The predicted octanol–water partition coefficient (Wildman–Crippen LogP) is 7.07. The lowest BCUT2D eigenvalue weighted by atomic mass is 9.99.